The lowest BCUT2D eigenvalue weighted by atomic mass is 10.0. The molecule has 2 atom stereocenters. The van der Waals surface area contributed by atoms with E-state index in [0.29, 0.717) is 12.8 Å². The Bertz CT molecular complexity index is 545. The molecular weight excluding hydrogens is 282 g/mol. The number of piperidine rings is 1. The van der Waals surface area contributed by atoms with Gasteiger partial charge >= 0.3 is 0 Å². The highest BCUT2D eigenvalue weighted by atomic mass is 16.2. The number of pyridine rings is 1. The number of hydrogen-bond acceptors (Lipinski definition) is 4. The largest absolute Gasteiger partial charge is 0.325 e. The molecule has 2 heterocycles. The van der Waals surface area contributed by atoms with Crippen LogP contribution in [0, 0.1) is 6.92 Å². The van der Waals surface area contributed by atoms with E-state index in [0.717, 1.165) is 11.3 Å². The quantitative estimate of drug-likeness (QED) is 0.679. The second kappa shape index (κ2) is 8.26. The maximum Gasteiger partial charge on any atom is 0.249 e. The zero-order chi connectivity index (χ0) is 16.7. The van der Waals surface area contributed by atoms with Gasteiger partial charge in [0.2, 0.25) is 18.2 Å². The van der Waals surface area contributed by atoms with Crippen molar-refractivity contribution in [3.63, 3.8) is 0 Å². The van der Waals surface area contributed by atoms with Crippen molar-refractivity contribution < 1.29 is 14.4 Å². The van der Waals surface area contributed by atoms with Crippen molar-refractivity contribution in [1.29, 1.82) is 0 Å². The first-order valence-corrected chi connectivity index (χ1v) is 7.52. The summed E-state index contributed by atoms with van der Waals surface area (Å²) in [6.45, 7) is 7.74. The summed E-state index contributed by atoms with van der Waals surface area (Å²) in [5.74, 6) is -0.715. The first kappa shape index (κ1) is 17.8. The lowest BCUT2D eigenvalue weighted by Crippen LogP contribution is -2.52. The Balaban J connectivity index is 0.00000116. The third kappa shape index (κ3) is 3.90. The lowest BCUT2D eigenvalue weighted by molar-refractivity contribution is -0.142. The topological polar surface area (TPSA) is 79.4 Å². The Kier molecular flexibility index (Phi) is 6.69. The van der Waals surface area contributed by atoms with Gasteiger partial charge in [0.25, 0.3) is 0 Å². The summed E-state index contributed by atoms with van der Waals surface area (Å²) in [5, 5.41) is 2.27. The average molecular weight is 305 g/mol. The van der Waals surface area contributed by atoms with Crippen LogP contribution in [0.25, 0.3) is 0 Å². The first-order valence-electron chi connectivity index (χ1n) is 7.52. The standard InChI is InChI=1S/C14H17N3O3.C2H6/c1-9-4-3-7-15-13(9)10(2)17(8-18)11-5-6-12(19)16-14(11)20;1-2/h3-4,7-8,10-11H,5-6H2,1-2H3,(H,16,19,20);1-2H3. The number of aromatic nitrogens is 1. The third-order valence-electron chi connectivity index (χ3n) is 3.58. The Morgan fingerprint density at radius 1 is 1.41 bits per heavy atom. The molecule has 6 nitrogen and oxygen atoms in total. The van der Waals surface area contributed by atoms with Crippen LogP contribution in [0.1, 0.15) is 50.9 Å². The second-order valence-corrected chi connectivity index (χ2v) is 4.90. The van der Waals surface area contributed by atoms with Gasteiger partial charge in [0.15, 0.2) is 0 Å². The van der Waals surface area contributed by atoms with Crippen molar-refractivity contribution in [3.05, 3.63) is 29.6 Å². The predicted octanol–water partition coefficient (Wildman–Crippen LogP) is 1.74. The van der Waals surface area contributed by atoms with Crippen LogP contribution in [0.4, 0.5) is 0 Å². The molecule has 120 valence electrons. The molecule has 1 aromatic rings. The number of nitrogens with zero attached hydrogens (tertiary/aromatic N) is 2. The van der Waals surface area contributed by atoms with Crippen LogP contribution in [0.15, 0.2) is 18.3 Å². The molecule has 1 fully saturated rings. The highest BCUT2D eigenvalue weighted by Crippen LogP contribution is 2.24. The summed E-state index contributed by atoms with van der Waals surface area (Å²) in [4.78, 5) is 40.1. The number of aryl methyl sites for hydroxylation is 1. The minimum atomic E-state index is -0.624. The van der Waals surface area contributed by atoms with Gasteiger partial charge in [-0.3, -0.25) is 24.7 Å². The molecule has 3 amide bonds. The van der Waals surface area contributed by atoms with Crippen LogP contribution in [0.5, 0.6) is 0 Å². The molecule has 1 saturated heterocycles. The zero-order valence-corrected chi connectivity index (χ0v) is 13.5. The maximum atomic E-state index is 11.9. The number of nitrogens with one attached hydrogen (secondary N) is 1. The van der Waals surface area contributed by atoms with E-state index in [4.69, 9.17) is 0 Å². The molecule has 0 saturated carbocycles. The van der Waals surface area contributed by atoms with Gasteiger partial charge in [-0.1, -0.05) is 19.9 Å². The smallest absolute Gasteiger partial charge is 0.249 e. The fourth-order valence-corrected chi connectivity index (χ4v) is 2.48. The molecule has 6 heteroatoms. The van der Waals surface area contributed by atoms with E-state index >= 15 is 0 Å². The van der Waals surface area contributed by atoms with Crippen LogP contribution in [0.3, 0.4) is 0 Å². The summed E-state index contributed by atoms with van der Waals surface area (Å²) < 4.78 is 0. The Hall–Kier alpha value is -2.24. The zero-order valence-electron chi connectivity index (χ0n) is 13.5. The van der Waals surface area contributed by atoms with E-state index in [-0.39, 0.29) is 18.4 Å². The molecule has 0 bridgehead atoms. The molecule has 1 aromatic heterocycles. The summed E-state index contributed by atoms with van der Waals surface area (Å²) in [6.07, 6.45) is 2.90. The molecule has 1 N–H and O–H groups in total. The minimum absolute atomic E-state index is 0.245. The Morgan fingerprint density at radius 3 is 2.64 bits per heavy atom. The van der Waals surface area contributed by atoms with Gasteiger partial charge in [0.05, 0.1) is 11.7 Å². The average Bonchev–Trinajstić information content (AvgIpc) is 2.52. The van der Waals surface area contributed by atoms with Gasteiger partial charge < -0.3 is 4.90 Å². The van der Waals surface area contributed by atoms with Gasteiger partial charge in [-0.2, -0.15) is 0 Å². The van der Waals surface area contributed by atoms with Crippen molar-refractivity contribution in [1.82, 2.24) is 15.2 Å². The fraction of sp³-hybridized carbons (Fsp3) is 0.500. The number of imide groups is 1. The third-order valence-corrected chi connectivity index (χ3v) is 3.58. The number of carbonyl (C=O) groups excluding carboxylic acids is 3. The molecule has 1 aliphatic rings. The molecule has 2 unspecified atom stereocenters. The lowest BCUT2D eigenvalue weighted by Gasteiger charge is -2.34. The van der Waals surface area contributed by atoms with Gasteiger partial charge in [-0.25, -0.2) is 0 Å². The maximum absolute atomic E-state index is 11.9. The van der Waals surface area contributed by atoms with E-state index in [1.54, 1.807) is 6.20 Å². The van der Waals surface area contributed by atoms with E-state index < -0.39 is 11.9 Å². The van der Waals surface area contributed by atoms with Crippen molar-refractivity contribution in [3.8, 4) is 0 Å². The normalized spacial score (nSPS) is 18.6. The Labute approximate surface area is 130 Å². The molecule has 0 aliphatic carbocycles. The number of rotatable bonds is 4. The van der Waals surface area contributed by atoms with Gasteiger partial charge in [-0.05, 0) is 31.9 Å². The number of hydrogen-bond donors (Lipinski definition) is 1. The molecular formula is C16H23N3O3. The molecule has 0 aromatic carbocycles. The fourth-order valence-electron chi connectivity index (χ4n) is 2.48. The first-order chi connectivity index (χ1) is 10.5. The highest BCUT2D eigenvalue weighted by Gasteiger charge is 2.34. The second-order valence-electron chi connectivity index (χ2n) is 4.90. The summed E-state index contributed by atoms with van der Waals surface area (Å²) in [7, 11) is 0. The molecule has 0 spiro atoms. The van der Waals surface area contributed by atoms with Crippen LogP contribution >= 0.6 is 0 Å². The minimum Gasteiger partial charge on any atom is -0.325 e. The summed E-state index contributed by atoms with van der Waals surface area (Å²) in [5.41, 5.74) is 1.71. The predicted molar refractivity (Wildman–Crippen MR) is 82.8 cm³/mol. The Morgan fingerprint density at radius 2 is 2.09 bits per heavy atom. The van der Waals surface area contributed by atoms with Crippen molar-refractivity contribution in [2.75, 3.05) is 0 Å². The van der Waals surface area contributed by atoms with Crippen LogP contribution in [-0.2, 0) is 14.4 Å². The van der Waals surface area contributed by atoms with E-state index in [9.17, 15) is 14.4 Å². The van der Waals surface area contributed by atoms with E-state index in [2.05, 4.69) is 10.3 Å². The molecule has 1 aliphatic heterocycles. The van der Waals surface area contributed by atoms with Gasteiger partial charge in [0, 0.05) is 12.6 Å². The molecule has 0 radical (unpaired) electrons. The van der Waals surface area contributed by atoms with Crippen LogP contribution in [-0.4, -0.2) is 34.2 Å². The number of amides is 3. The van der Waals surface area contributed by atoms with E-state index in [1.165, 1.54) is 4.90 Å². The summed E-state index contributed by atoms with van der Waals surface area (Å²) >= 11 is 0. The number of carbonyl (C=O) groups is 3. The van der Waals surface area contributed by atoms with Gasteiger partial charge in [0.1, 0.15) is 6.04 Å². The molecule has 22 heavy (non-hydrogen) atoms. The summed E-state index contributed by atoms with van der Waals surface area (Å²) in [6, 6.07) is 2.79. The van der Waals surface area contributed by atoms with Crippen molar-refractivity contribution in [2.45, 2.75) is 52.6 Å². The SMILES string of the molecule is CC.Cc1cccnc1C(C)N(C=O)C1CCC(=O)NC1=O. The molecule has 2 rings (SSSR count). The van der Waals surface area contributed by atoms with E-state index in [1.807, 2.05) is 39.8 Å². The van der Waals surface area contributed by atoms with Gasteiger partial charge in [-0.15, -0.1) is 0 Å². The van der Waals surface area contributed by atoms with Crippen LogP contribution < -0.4 is 5.32 Å². The highest BCUT2D eigenvalue weighted by molar-refractivity contribution is 6.00. The van der Waals surface area contributed by atoms with Crippen molar-refractivity contribution >= 4 is 18.2 Å². The monoisotopic (exact) mass is 305 g/mol. The van der Waals surface area contributed by atoms with Crippen molar-refractivity contribution in [2.24, 2.45) is 0 Å². The van der Waals surface area contributed by atoms with Crippen LogP contribution in [0.2, 0.25) is 0 Å².